The number of anilines is 1. The molecule has 96 valence electrons. The Hall–Kier alpha value is -2.74. The highest BCUT2D eigenvalue weighted by atomic mass is 16.4. The van der Waals surface area contributed by atoms with Crippen molar-refractivity contribution in [2.75, 3.05) is 5.32 Å². The van der Waals surface area contributed by atoms with Crippen molar-refractivity contribution in [2.24, 2.45) is 7.05 Å². The molecule has 2 N–H and O–H groups in total. The van der Waals surface area contributed by atoms with Gasteiger partial charge in [0.15, 0.2) is 0 Å². The van der Waals surface area contributed by atoms with E-state index in [1.165, 1.54) is 6.20 Å². The zero-order chi connectivity index (χ0) is 13.8. The Bertz CT molecular complexity index is 653. The van der Waals surface area contributed by atoms with Gasteiger partial charge in [-0.15, -0.1) is 6.42 Å². The lowest BCUT2D eigenvalue weighted by molar-refractivity contribution is 0.0695. The number of carboxylic acids is 1. The predicted octanol–water partition coefficient (Wildman–Crippen LogP) is 1.71. The van der Waals surface area contributed by atoms with E-state index in [2.05, 4.69) is 16.3 Å². The molecule has 0 fully saturated rings. The van der Waals surface area contributed by atoms with Gasteiger partial charge in [0.25, 0.3) is 0 Å². The van der Waals surface area contributed by atoms with E-state index in [1.54, 1.807) is 11.7 Å². The average molecular weight is 255 g/mol. The first-order valence-corrected chi connectivity index (χ1v) is 5.66. The molecule has 0 atom stereocenters. The number of nitrogens with one attached hydrogen (secondary N) is 1. The molecule has 0 spiro atoms. The van der Waals surface area contributed by atoms with Crippen LogP contribution in [0.4, 0.5) is 5.69 Å². The summed E-state index contributed by atoms with van der Waals surface area (Å²) < 4.78 is 1.54. The predicted molar refractivity (Wildman–Crippen MR) is 71.9 cm³/mol. The quantitative estimate of drug-likeness (QED) is 0.816. The lowest BCUT2D eigenvalue weighted by Gasteiger charge is -2.08. The van der Waals surface area contributed by atoms with Crippen LogP contribution in [0.5, 0.6) is 0 Å². The first-order chi connectivity index (χ1) is 9.11. The number of aromatic carboxylic acids is 1. The summed E-state index contributed by atoms with van der Waals surface area (Å²) in [6.07, 6.45) is 6.67. The fourth-order valence-corrected chi connectivity index (χ4v) is 1.76. The lowest BCUT2D eigenvalue weighted by atomic mass is 10.2. The summed E-state index contributed by atoms with van der Waals surface area (Å²) in [6, 6.07) is 7.38. The first kappa shape index (κ1) is 12.7. The Balaban J connectivity index is 2.17. The number of hydrogen-bond donors (Lipinski definition) is 2. The molecule has 5 heteroatoms. The third-order valence-corrected chi connectivity index (χ3v) is 2.78. The Kier molecular flexibility index (Phi) is 3.53. The third-order valence-electron chi connectivity index (χ3n) is 2.78. The molecule has 0 saturated carbocycles. The monoisotopic (exact) mass is 255 g/mol. The first-order valence-electron chi connectivity index (χ1n) is 5.66. The fourth-order valence-electron chi connectivity index (χ4n) is 1.76. The second kappa shape index (κ2) is 5.27. The molecular formula is C14H13N3O2. The minimum absolute atomic E-state index is 0.197. The van der Waals surface area contributed by atoms with Crippen LogP contribution < -0.4 is 5.32 Å². The minimum Gasteiger partial charge on any atom is -0.478 e. The topological polar surface area (TPSA) is 67.2 Å². The van der Waals surface area contributed by atoms with Gasteiger partial charge in [-0.1, -0.05) is 12.0 Å². The van der Waals surface area contributed by atoms with Crippen LogP contribution in [-0.2, 0) is 13.6 Å². The van der Waals surface area contributed by atoms with Gasteiger partial charge in [-0.25, -0.2) is 4.79 Å². The second-order valence-electron chi connectivity index (χ2n) is 4.01. The zero-order valence-electron chi connectivity index (χ0n) is 10.4. The summed E-state index contributed by atoms with van der Waals surface area (Å²) in [5.41, 5.74) is 2.42. The van der Waals surface area contributed by atoms with Crippen molar-refractivity contribution in [1.29, 1.82) is 0 Å². The molecule has 1 aromatic carbocycles. The van der Waals surface area contributed by atoms with Crippen molar-refractivity contribution in [3.8, 4) is 12.3 Å². The number of terminal acetylenes is 1. The van der Waals surface area contributed by atoms with Crippen LogP contribution in [-0.4, -0.2) is 20.9 Å². The van der Waals surface area contributed by atoms with Gasteiger partial charge in [0.1, 0.15) is 5.56 Å². The Labute approximate surface area is 110 Å². The number of aryl methyl sites for hydroxylation is 1. The average Bonchev–Trinajstić information content (AvgIpc) is 2.78. The Morgan fingerprint density at radius 1 is 1.58 bits per heavy atom. The smallest absolute Gasteiger partial charge is 0.339 e. The van der Waals surface area contributed by atoms with Crippen LogP contribution >= 0.6 is 0 Å². The number of aromatic nitrogens is 2. The lowest BCUT2D eigenvalue weighted by Crippen LogP contribution is -2.10. The number of benzene rings is 1. The van der Waals surface area contributed by atoms with Gasteiger partial charge in [-0.2, -0.15) is 5.10 Å². The van der Waals surface area contributed by atoms with Crippen LogP contribution in [0, 0.1) is 12.3 Å². The molecule has 19 heavy (non-hydrogen) atoms. The maximum Gasteiger partial charge on any atom is 0.339 e. The van der Waals surface area contributed by atoms with Crippen molar-refractivity contribution >= 4 is 11.7 Å². The van der Waals surface area contributed by atoms with Crippen LogP contribution in [0.25, 0.3) is 0 Å². The van der Waals surface area contributed by atoms with Gasteiger partial charge >= 0.3 is 5.97 Å². The summed E-state index contributed by atoms with van der Waals surface area (Å²) in [4.78, 5) is 11.0. The molecule has 0 radical (unpaired) electrons. The molecule has 0 bridgehead atoms. The van der Waals surface area contributed by atoms with Crippen molar-refractivity contribution in [3.05, 3.63) is 47.3 Å². The summed E-state index contributed by atoms with van der Waals surface area (Å²) in [5.74, 6) is 1.57. The van der Waals surface area contributed by atoms with Crippen molar-refractivity contribution in [1.82, 2.24) is 9.78 Å². The number of nitrogens with zero attached hydrogens (tertiary/aromatic N) is 2. The van der Waals surface area contributed by atoms with Gasteiger partial charge in [-0.05, 0) is 18.2 Å². The van der Waals surface area contributed by atoms with Gasteiger partial charge < -0.3 is 10.4 Å². The van der Waals surface area contributed by atoms with E-state index >= 15 is 0 Å². The summed E-state index contributed by atoms with van der Waals surface area (Å²) >= 11 is 0. The van der Waals surface area contributed by atoms with E-state index in [4.69, 9.17) is 11.5 Å². The van der Waals surface area contributed by atoms with E-state index in [-0.39, 0.29) is 5.56 Å². The van der Waals surface area contributed by atoms with Crippen molar-refractivity contribution in [2.45, 2.75) is 6.54 Å². The third kappa shape index (κ3) is 2.75. The second-order valence-corrected chi connectivity index (χ2v) is 4.01. The fraction of sp³-hybridized carbons (Fsp3) is 0.143. The highest BCUT2D eigenvalue weighted by Crippen LogP contribution is 2.13. The number of carboxylic acid groups (broad SMARTS) is 1. The van der Waals surface area contributed by atoms with E-state index in [0.717, 1.165) is 11.3 Å². The standard InChI is InChI=1S/C14H13N3O2/c1-3-10-5-4-6-11(7-10)15-9-13-12(14(18)19)8-16-17(13)2/h1,4-8,15H,9H2,2H3,(H,18,19). The maximum atomic E-state index is 11.0. The molecule has 0 unspecified atom stereocenters. The molecule has 1 aromatic heterocycles. The molecule has 0 saturated heterocycles. The number of carbonyl (C=O) groups is 1. The molecule has 0 aliphatic carbocycles. The zero-order valence-corrected chi connectivity index (χ0v) is 10.4. The molecule has 0 amide bonds. The number of rotatable bonds is 4. The molecule has 0 aliphatic heterocycles. The van der Waals surface area contributed by atoms with Crippen LogP contribution in [0.2, 0.25) is 0 Å². The van der Waals surface area contributed by atoms with Gasteiger partial charge in [0, 0.05) is 18.3 Å². The van der Waals surface area contributed by atoms with E-state index in [1.807, 2.05) is 24.3 Å². The Morgan fingerprint density at radius 2 is 2.37 bits per heavy atom. The van der Waals surface area contributed by atoms with Gasteiger partial charge in [0.2, 0.25) is 0 Å². The SMILES string of the molecule is C#Cc1cccc(NCc2c(C(=O)O)cnn2C)c1. The van der Waals surface area contributed by atoms with Crippen LogP contribution in [0.3, 0.4) is 0 Å². The van der Waals surface area contributed by atoms with E-state index in [9.17, 15) is 4.79 Å². The van der Waals surface area contributed by atoms with Crippen LogP contribution in [0.1, 0.15) is 21.6 Å². The highest BCUT2D eigenvalue weighted by molar-refractivity contribution is 5.88. The molecular weight excluding hydrogens is 242 g/mol. The molecule has 2 aromatic rings. The van der Waals surface area contributed by atoms with E-state index < -0.39 is 5.97 Å². The molecule has 2 rings (SSSR count). The highest BCUT2D eigenvalue weighted by Gasteiger charge is 2.14. The molecule has 0 aliphatic rings. The molecule has 5 nitrogen and oxygen atoms in total. The molecule has 1 heterocycles. The number of hydrogen-bond acceptors (Lipinski definition) is 3. The Morgan fingerprint density at radius 3 is 3.05 bits per heavy atom. The van der Waals surface area contributed by atoms with Crippen molar-refractivity contribution in [3.63, 3.8) is 0 Å². The van der Waals surface area contributed by atoms with E-state index in [0.29, 0.717) is 12.2 Å². The van der Waals surface area contributed by atoms with Crippen LogP contribution in [0.15, 0.2) is 30.5 Å². The summed E-state index contributed by atoms with van der Waals surface area (Å²) in [6.45, 7) is 0.367. The summed E-state index contributed by atoms with van der Waals surface area (Å²) in [5, 5.41) is 16.1. The van der Waals surface area contributed by atoms with Gasteiger partial charge in [-0.3, -0.25) is 4.68 Å². The van der Waals surface area contributed by atoms with Gasteiger partial charge in [0.05, 0.1) is 18.4 Å². The maximum absolute atomic E-state index is 11.0. The minimum atomic E-state index is -0.984. The largest absolute Gasteiger partial charge is 0.478 e. The summed E-state index contributed by atoms with van der Waals surface area (Å²) in [7, 11) is 1.71. The normalized spacial score (nSPS) is 9.89. The van der Waals surface area contributed by atoms with Crippen molar-refractivity contribution < 1.29 is 9.90 Å².